The van der Waals surface area contributed by atoms with E-state index < -0.39 is 0 Å². The Kier molecular flexibility index (Phi) is 6.33. The van der Waals surface area contributed by atoms with Gasteiger partial charge in [-0.3, -0.25) is 9.59 Å². The third-order valence-corrected chi connectivity index (χ3v) is 3.15. The van der Waals surface area contributed by atoms with E-state index in [2.05, 4.69) is 12.2 Å². The molecule has 0 saturated carbocycles. The van der Waals surface area contributed by atoms with E-state index in [-0.39, 0.29) is 17.4 Å². The van der Waals surface area contributed by atoms with Crippen molar-refractivity contribution in [3.05, 3.63) is 28.7 Å². The molecule has 1 rings (SSSR count). The van der Waals surface area contributed by atoms with E-state index in [0.717, 1.165) is 25.7 Å². The summed E-state index contributed by atoms with van der Waals surface area (Å²) in [6.07, 6.45) is 5.67. The summed E-state index contributed by atoms with van der Waals surface area (Å²) in [6, 6.07) is 3.17. The number of nitrogens with one attached hydrogen (secondary N) is 1. The van der Waals surface area contributed by atoms with E-state index in [9.17, 15) is 9.59 Å². The maximum absolute atomic E-state index is 12.0. The van der Waals surface area contributed by atoms with Crippen molar-refractivity contribution in [2.24, 2.45) is 5.92 Å². The minimum absolute atomic E-state index is 0.00602. The molecular weight excluding hydrogens is 240 g/mol. The Bertz CT molecular complexity index is 465. The van der Waals surface area contributed by atoms with Crippen LogP contribution in [0.1, 0.15) is 46.5 Å². The summed E-state index contributed by atoms with van der Waals surface area (Å²) in [4.78, 5) is 23.5. The molecule has 0 aliphatic rings. The van der Waals surface area contributed by atoms with Crippen molar-refractivity contribution in [3.8, 4) is 0 Å². The molecule has 106 valence electrons. The fourth-order valence-electron chi connectivity index (χ4n) is 1.93. The predicted octanol–water partition coefficient (Wildman–Crippen LogP) is 3.02. The van der Waals surface area contributed by atoms with Crippen molar-refractivity contribution >= 4 is 11.6 Å². The summed E-state index contributed by atoms with van der Waals surface area (Å²) < 4.78 is 1.63. The first-order valence-electron chi connectivity index (χ1n) is 7.09. The quantitative estimate of drug-likeness (QED) is 0.823. The lowest BCUT2D eigenvalue weighted by atomic mass is 10.0. The number of aryl methyl sites for hydroxylation is 1. The molecule has 0 aliphatic carbocycles. The maximum atomic E-state index is 12.0. The van der Waals surface area contributed by atoms with Gasteiger partial charge in [-0.15, -0.1) is 0 Å². The second kappa shape index (κ2) is 7.77. The van der Waals surface area contributed by atoms with Gasteiger partial charge in [-0.05, 0) is 18.9 Å². The predicted molar refractivity (Wildman–Crippen MR) is 78.3 cm³/mol. The SMILES string of the molecule is CCCC[C@H](C)C(=O)Nc1ccc(=O)n(CCC)c1. The molecule has 1 aromatic rings. The van der Waals surface area contributed by atoms with Crippen molar-refractivity contribution in [2.75, 3.05) is 5.32 Å². The number of hydrogen-bond acceptors (Lipinski definition) is 2. The first-order chi connectivity index (χ1) is 9.08. The summed E-state index contributed by atoms with van der Waals surface area (Å²) in [5.74, 6) is 0.0293. The summed E-state index contributed by atoms with van der Waals surface area (Å²) in [5, 5.41) is 2.88. The lowest BCUT2D eigenvalue weighted by Gasteiger charge is -2.13. The van der Waals surface area contributed by atoms with Crippen molar-refractivity contribution < 1.29 is 4.79 Å². The fourth-order valence-corrected chi connectivity index (χ4v) is 1.93. The molecule has 0 saturated heterocycles. The summed E-state index contributed by atoms with van der Waals surface area (Å²) >= 11 is 0. The number of carbonyl (C=O) groups excluding carboxylic acids is 1. The van der Waals surface area contributed by atoms with Crippen molar-refractivity contribution in [2.45, 2.75) is 53.0 Å². The maximum Gasteiger partial charge on any atom is 0.250 e. The van der Waals surface area contributed by atoms with Crippen LogP contribution in [0.2, 0.25) is 0 Å². The summed E-state index contributed by atoms with van der Waals surface area (Å²) in [7, 11) is 0. The highest BCUT2D eigenvalue weighted by molar-refractivity contribution is 5.92. The third kappa shape index (κ3) is 4.89. The number of anilines is 1. The zero-order chi connectivity index (χ0) is 14.3. The first-order valence-corrected chi connectivity index (χ1v) is 7.09. The monoisotopic (exact) mass is 264 g/mol. The normalized spacial score (nSPS) is 12.2. The highest BCUT2D eigenvalue weighted by atomic mass is 16.2. The molecule has 0 aromatic carbocycles. The van der Waals surface area contributed by atoms with Crippen LogP contribution >= 0.6 is 0 Å². The molecule has 1 aromatic heterocycles. The van der Waals surface area contributed by atoms with Crippen LogP contribution in [-0.2, 0) is 11.3 Å². The highest BCUT2D eigenvalue weighted by Gasteiger charge is 2.12. The van der Waals surface area contributed by atoms with Crippen LogP contribution in [0.3, 0.4) is 0 Å². The lowest BCUT2D eigenvalue weighted by Crippen LogP contribution is -2.23. The lowest BCUT2D eigenvalue weighted by molar-refractivity contribution is -0.119. The zero-order valence-electron chi connectivity index (χ0n) is 12.1. The second-order valence-electron chi connectivity index (χ2n) is 4.98. The molecule has 4 nitrogen and oxygen atoms in total. The zero-order valence-corrected chi connectivity index (χ0v) is 12.1. The molecule has 0 bridgehead atoms. The minimum Gasteiger partial charge on any atom is -0.325 e. The Labute approximate surface area is 114 Å². The van der Waals surface area contributed by atoms with Crippen molar-refractivity contribution in [1.82, 2.24) is 4.57 Å². The highest BCUT2D eigenvalue weighted by Crippen LogP contribution is 2.11. The van der Waals surface area contributed by atoms with Gasteiger partial charge >= 0.3 is 0 Å². The van der Waals surface area contributed by atoms with Gasteiger partial charge in [0.1, 0.15) is 0 Å². The van der Waals surface area contributed by atoms with Crippen LogP contribution in [0, 0.1) is 5.92 Å². The molecular formula is C15H24N2O2. The standard InChI is InChI=1S/C15H24N2O2/c1-4-6-7-12(3)15(19)16-13-8-9-14(18)17(11-13)10-5-2/h8-9,11-12H,4-7,10H2,1-3H3,(H,16,19)/t12-/m0/s1. The molecule has 19 heavy (non-hydrogen) atoms. The number of pyridine rings is 1. The first kappa shape index (κ1) is 15.5. The van der Waals surface area contributed by atoms with Gasteiger partial charge in [-0.2, -0.15) is 0 Å². The Morgan fingerprint density at radius 3 is 2.68 bits per heavy atom. The number of hydrogen-bond donors (Lipinski definition) is 1. The van der Waals surface area contributed by atoms with E-state index in [1.165, 1.54) is 6.07 Å². The van der Waals surface area contributed by atoms with Gasteiger partial charge in [0, 0.05) is 24.7 Å². The molecule has 4 heteroatoms. The average Bonchev–Trinajstić information content (AvgIpc) is 2.40. The number of rotatable bonds is 7. The number of unbranched alkanes of at least 4 members (excludes halogenated alkanes) is 1. The Morgan fingerprint density at radius 1 is 1.32 bits per heavy atom. The Morgan fingerprint density at radius 2 is 2.05 bits per heavy atom. The number of aromatic nitrogens is 1. The molecule has 0 radical (unpaired) electrons. The smallest absolute Gasteiger partial charge is 0.250 e. The third-order valence-electron chi connectivity index (χ3n) is 3.15. The van der Waals surface area contributed by atoms with E-state index >= 15 is 0 Å². The van der Waals surface area contributed by atoms with Crippen LogP contribution in [0.15, 0.2) is 23.1 Å². The molecule has 0 spiro atoms. The van der Waals surface area contributed by atoms with E-state index in [0.29, 0.717) is 12.2 Å². The van der Waals surface area contributed by atoms with Crippen LogP contribution in [-0.4, -0.2) is 10.5 Å². The molecule has 1 amide bonds. The van der Waals surface area contributed by atoms with Crippen molar-refractivity contribution in [3.63, 3.8) is 0 Å². The Balaban J connectivity index is 2.68. The number of carbonyl (C=O) groups is 1. The number of amides is 1. The van der Waals surface area contributed by atoms with Crippen LogP contribution in [0.5, 0.6) is 0 Å². The van der Waals surface area contributed by atoms with E-state index in [1.54, 1.807) is 16.8 Å². The van der Waals surface area contributed by atoms with Gasteiger partial charge in [0.05, 0.1) is 5.69 Å². The second-order valence-corrected chi connectivity index (χ2v) is 4.98. The molecule has 1 atom stereocenters. The van der Waals surface area contributed by atoms with Crippen LogP contribution < -0.4 is 10.9 Å². The van der Waals surface area contributed by atoms with Gasteiger partial charge in [-0.25, -0.2) is 0 Å². The molecule has 1 N–H and O–H groups in total. The van der Waals surface area contributed by atoms with E-state index in [4.69, 9.17) is 0 Å². The van der Waals surface area contributed by atoms with Gasteiger partial charge < -0.3 is 9.88 Å². The van der Waals surface area contributed by atoms with Gasteiger partial charge in [0.15, 0.2) is 0 Å². The molecule has 0 fully saturated rings. The van der Waals surface area contributed by atoms with Crippen molar-refractivity contribution in [1.29, 1.82) is 0 Å². The fraction of sp³-hybridized carbons (Fsp3) is 0.600. The average molecular weight is 264 g/mol. The molecule has 1 heterocycles. The summed E-state index contributed by atoms with van der Waals surface area (Å²) in [5.41, 5.74) is 0.667. The van der Waals surface area contributed by atoms with Crippen LogP contribution in [0.25, 0.3) is 0 Å². The van der Waals surface area contributed by atoms with Gasteiger partial charge in [-0.1, -0.05) is 33.6 Å². The molecule has 0 aliphatic heterocycles. The number of nitrogens with zero attached hydrogens (tertiary/aromatic N) is 1. The van der Waals surface area contributed by atoms with Crippen LogP contribution in [0.4, 0.5) is 5.69 Å². The summed E-state index contributed by atoms with van der Waals surface area (Å²) in [6.45, 7) is 6.75. The largest absolute Gasteiger partial charge is 0.325 e. The minimum atomic E-state index is -0.0288. The Hall–Kier alpha value is -1.58. The topological polar surface area (TPSA) is 51.1 Å². The molecule has 0 unspecified atom stereocenters. The van der Waals surface area contributed by atoms with E-state index in [1.807, 2.05) is 13.8 Å². The van der Waals surface area contributed by atoms with Gasteiger partial charge in [0.2, 0.25) is 5.91 Å². The van der Waals surface area contributed by atoms with Gasteiger partial charge in [0.25, 0.3) is 5.56 Å².